The molecule has 0 spiro atoms. The molecule has 8 heteroatoms. The van der Waals surface area contributed by atoms with Crippen molar-refractivity contribution < 1.29 is 13.2 Å². The number of aryl methyl sites for hydroxylation is 1. The highest BCUT2D eigenvalue weighted by atomic mass is 19.4. The number of alkyl halides is 3. The monoisotopic (exact) mass is 355 g/mol. The second-order valence-electron chi connectivity index (χ2n) is 7.75. The fourth-order valence-corrected chi connectivity index (χ4v) is 3.32. The number of hydrogen-bond acceptors (Lipinski definition) is 3. The smallest absolute Gasteiger partial charge is 0.334 e. The maximum Gasteiger partial charge on any atom is 0.434 e. The van der Waals surface area contributed by atoms with Gasteiger partial charge >= 0.3 is 6.18 Å². The maximum atomic E-state index is 12.8. The summed E-state index contributed by atoms with van der Waals surface area (Å²) in [5, 5.41) is 10.6. The lowest BCUT2D eigenvalue weighted by atomic mass is 9.89. The van der Waals surface area contributed by atoms with Crippen molar-refractivity contribution in [3.05, 3.63) is 35.2 Å². The van der Waals surface area contributed by atoms with Crippen LogP contribution >= 0.6 is 0 Å². The molecule has 0 saturated heterocycles. The number of fused-ring (bicyclic) bond motifs is 1. The summed E-state index contributed by atoms with van der Waals surface area (Å²) < 4.78 is 40.0. The largest absolute Gasteiger partial charge is 0.434 e. The maximum absolute atomic E-state index is 12.8. The van der Waals surface area contributed by atoms with E-state index in [9.17, 15) is 13.2 Å². The Bertz CT molecular complexity index is 723. The van der Waals surface area contributed by atoms with Gasteiger partial charge in [0.2, 0.25) is 0 Å². The fraction of sp³-hybridized carbons (Fsp3) is 0.647. The SMILES string of the molecule is CC(C)(C)c1[nH]ncc1CNC[C@@H]1CCc2nc(C(F)(F)F)cn2C1. The Balaban J connectivity index is 1.56. The molecule has 1 atom stereocenters. The molecule has 1 aliphatic heterocycles. The third-order valence-corrected chi connectivity index (χ3v) is 4.60. The van der Waals surface area contributed by atoms with Gasteiger partial charge in [-0.3, -0.25) is 5.10 Å². The summed E-state index contributed by atoms with van der Waals surface area (Å²) in [7, 11) is 0. The average molecular weight is 355 g/mol. The van der Waals surface area contributed by atoms with Gasteiger partial charge in [0, 0.05) is 42.4 Å². The number of hydrogen-bond donors (Lipinski definition) is 2. The molecule has 2 aromatic heterocycles. The molecule has 138 valence electrons. The number of aromatic amines is 1. The molecule has 25 heavy (non-hydrogen) atoms. The third-order valence-electron chi connectivity index (χ3n) is 4.60. The molecule has 0 radical (unpaired) electrons. The van der Waals surface area contributed by atoms with Gasteiger partial charge in [0.1, 0.15) is 5.82 Å². The van der Waals surface area contributed by atoms with Crippen LogP contribution in [0.15, 0.2) is 12.4 Å². The highest BCUT2D eigenvalue weighted by Gasteiger charge is 2.35. The molecule has 2 N–H and O–H groups in total. The van der Waals surface area contributed by atoms with E-state index in [1.807, 2.05) is 6.20 Å². The highest BCUT2D eigenvalue weighted by molar-refractivity contribution is 5.23. The lowest BCUT2D eigenvalue weighted by molar-refractivity contribution is -0.141. The van der Waals surface area contributed by atoms with Gasteiger partial charge in [-0.05, 0) is 18.9 Å². The zero-order valence-electron chi connectivity index (χ0n) is 14.7. The molecular formula is C17H24F3N5. The Hall–Kier alpha value is -1.83. The molecule has 0 fully saturated rings. The van der Waals surface area contributed by atoms with E-state index in [2.05, 4.69) is 41.3 Å². The molecule has 5 nitrogen and oxygen atoms in total. The van der Waals surface area contributed by atoms with E-state index >= 15 is 0 Å². The normalized spacial score (nSPS) is 18.4. The van der Waals surface area contributed by atoms with Crippen LogP contribution in [0, 0.1) is 5.92 Å². The highest BCUT2D eigenvalue weighted by Crippen LogP contribution is 2.30. The van der Waals surface area contributed by atoms with Crippen LogP contribution in [0.1, 0.15) is 50.0 Å². The molecular weight excluding hydrogens is 331 g/mol. The van der Waals surface area contributed by atoms with Crippen molar-refractivity contribution in [3.8, 4) is 0 Å². The zero-order chi connectivity index (χ0) is 18.2. The van der Waals surface area contributed by atoms with Crippen LogP contribution in [0.5, 0.6) is 0 Å². The molecule has 1 aliphatic rings. The first-order valence-corrected chi connectivity index (χ1v) is 8.51. The molecule has 3 rings (SSSR count). The molecule has 2 aromatic rings. The lowest BCUT2D eigenvalue weighted by Gasteiger charge is -2.24. The predicted octanol–water partition coefficient (Wildman–Crippen LogP) is 3.27. The van der Waals surface area contributed by atoms with Crippen molar-refractivity contribution in [1.82, 2.24) is 25.1 Å². The van der Waals surface area contributed by atoms with Crippen LogP contribution in [0.2, 0.25) is 0 Å². The topological polar surface area (TPSA) is 58.5 Å². The minimum absolute atomic E-state index is 0.00193. The van der Waals surface area contributed by atoms with Crippen molar-refractivity contribution in [3.63, 3.8) is 0 Å². The van der Waals surface area contributed by atoms with Crippen LogP contribution in [0.4, 0.5) is 13.2 Å². The Morgan fingerprint density at radius 2 is 2.08 bits per heavy atom. The Morgan fingerprint density at radius 3 is 2.76 bits per heavy atom. The summed E-state index contributed by atoms with van der Waals surface area (Å²) in [6.45, 7) is 8.42. The first-order valence-electron chi connectivity index (χ1n) is 8.51. The fourth-order valence-electron chi connectivity index (χ4n) is 3.32. The van der Waals surface area contributed by atoms with E-state index in [1.165, 1.54) is 0 Å². The summed E-state index contributed by atoms with van der Waals surface area (Å²) in [6.07, 6.45) is 0.0240. The lowest BCUT2D eigenvalue weighted by Crippen LogP contribution is -2.30. The van der Waals surface area contributed by atoms with Crippen LogP contribution < -0.4 is 5.32 Å². The van der Waals surface area contributed by atoms with Crippen molar-refractivity contribution in [2.24, 2.45) is 5.92 Å². The first-order chi connectivity index (χ1) is 11.6. The predicted molar refractivity (Wildman–Crippen MR) is 88.0 cm³/mol. The molecule has 0 amide bonds. The molecule has 0 aromatic carbocycles. The van der Waals surface area contributed by atoms with Gasteiger partial charge in [0.15, 0.2) is 5.69 Å². The number of nitrogens with one attached hydrogen (secondary N) is 2. The zero-order valence-corrected chi connectivity index (χ0v) is 14.7. The first kappa shape index (κ1) is 18.0. The molecule has 0 aliphatic carbocycles. The van der Waals surface area contributed by atoms with Crippen molar-refractivity contribution >= 4 is 0 Å². The Labute approximate surface area is 145 Å². The number of H-pyrrole nitrogens is 1. The van der Waals surface area contributed by atoms with Gasteiger partial charge in [-0.25, -0.2) is 4.98 Å². The van der Waals surface area contributed by atoms with E-state index in [4.69, 9.17) is 0 Å². The van der Waals surface area contributed by atoms with Gasteiger partial charge in [-0.2, -0.15) is 18.3 Å². The molecule has 0 bridgehead atoms. The molecule has 0 unspecified atom stereocenters. The Kier molecular flexibility index (Phi) is 4.66. The van der Waals surface area contributed by atoms with Gasteiger partial charge in [-0.1, -0.05) is 20.8 Å². The number of imidazole rings is 1. The second-order valence-corrected chi connectivity index (χ2v) is 7.75. The minimum atomic E-state index is -4.37. The standard InChI is InChI=1S/C17H24F3N5/c1-16(2,3)15-12(8-22-24-15)7-21-6-11-4-5-14-23-13(17(18,19)20)10-25(14)9-11/h8,10-11,21H,4-7,9H2,1-3H3,(H,22,24)/t11-/m0/s1. The number of rotatable bonds is 4. The summed E-state index contributed by atoms with van der Waals surface area (Å²) >= 11 is 0. The van der Waals surface area contributed by atoms with E-state index in [0.717, 1.165) is 30.4 Å². The summed E-state index contributed by atoms with van der Waals surface area (Å²) in [5.74, 6) is 0.834. The van der Waals surface area contributed by atoms with Crippen LogP contribution in [-0.2, 0) is 31.1 Å². The van der Waals surface area contributed by atoms with E-state index < -0.39 is 11.9 Å². The Morgan fingerprint density at radius 1 is 1.32 bits per heavy atom. The number of aromatic nitrogens is 4. The van der Waals surface area contributed by atoms with E-state index in [1.54, 1.807) is 4.57 Å². The van der Waals surface area contributed by atoms with Gasteiger partial charge < -0.3 is 9.88 Å². The summed E-state index contributed by atoms with van der Waals surface area (Å²) in [6, 6.07) is 0. The van der Waals surface area contributed by atoms with Gasteiger partial charge in [0.05, 0.1) is 6.20 Å². The van der Waals surface area contributed by atoms with Crippen molar-refractivity contribution in [2.75, 3.05) is 6.54 Å². The van der Waals surface area contributed by atoms with Crippen LogP contribution in [0.3, 0.4) is 0 Å². The number of nitrogens with zero attached hydrogens (tertiary/aromatic N) is 3. The molecule has 3 heterocycles. The molecule has 0 saturated carbocycles. The quantitative estimate of drug-likeness (QED) is 0.885. The van der Waals surface area contributed by atoms with Crippen LogP contribution in [0.25, 0.3) is 0 Å². The average Bonchev–Trinajstić information content (AvgIpc) is 3.11. The third kappa shape index (κ3) is 4.05. The minimum Gasteiger partial charge on any atom is -0.334 e. The van der Waals surface area contributed by atoms with E-state index in [-0.39, 0.29) is 5.41 Å². The number of halogens is 3. The van der Waals surface area contributed by atoms with E-state index in [0.29, 0.717) is 31.3 Å². The summed E-state index contributed by atoms with van der Waals surface area (Å²) in [5.41, 5.74) is 1.45. The van der Waals surface area contributed by atoms with Crippen LogP contribution in [-0.4, -0.2) is 26.3 Å². The van der Waals surface area contributed by atoms with Crippen molar-refractivity contribution in [2.45, 2.75) is 58.3 Å². The van der Waals surface area contributed by atoms with Crippen molar-refractivity contribution in [1.29, 1.82) is 0 Å². The summed E-state index contributed by atoms with van der Waals surface area (Å²) in [4.78, 5) is 3.72. The second kappa shape index (κ2) is 6.48. The van der Waals surface area contributed by atoms with Gasteiger partial charge in [0.25, 0.3) is 0 Å². The van der Waals surface area contributed by atoms with Gasteiger partial charge in [-0.15, -0.1) is 0 Å².